The van der Waals surface area contributed by atoms with E-state index in [0.29, 0.717) is 0 Å². The Hall–Kier alpha value is -0.353. The zero-order chi connectivity index (χ0) is 8.06. The van der Waals surface area contributed by atoms with Crippen molar-refractivity contribution in [3.63, 3.8) is 0 Å². The third-order valence-electron chi connectivity index (χ3n) is 2.62. The van der Waals surface area contributed by atoms with Gasteiger partial charge in [0.25, 0.3) is 0 Å². The Labute approximate surface area is 67.4 Å². The van der Waals surface area contributed by atoms with E-state index < -0.39 is 8.24 Å². The van der Waals surface area contributed by atoms with Crippen molar-refractivity contribution in [2.75, 3.05) is 6.54 Å². The highest BCUT2D eigenvalue weighted by Gasteiger charge is 2.51. The predicted molar refractivity (Wildman–Crippen MR) is 43.5 cm³/mol. The van der Waals surface area contributed by atoms with Crippen molar-refractivity contribution >= 4 is 14.2 Å². The van der Waals surface area contributed by atoms with Crippen LogP contribution in [0.15, 0.2) is 0 Å². The van der Waals surface area contributed by atoms with E-state index >= 15 is 0 Å². The maximum absolute atomic E-state index is 10.7. The fraction of sp³-hybridized carbons (Fsp3) is 0.857. The van der Waals surface area contributed by atoms with Gasteiger partial charge in [-0.2, -0.15) is 0 Å². The summed E-state index contributed by atoms with van der Waals surface area (Å²) in [4.78, 5) is 10.7. The molecule has 2 aliphatic rings. The van der Waals surface area contributed by atoms with E-state index in [0.717, 1.165) is 6.54 Å². The van der Waals surface area contributed by atoms with Gasteiger partial charge in [0.05, 0.1) is 0 Å². The molecule has 3 nitrogen and oxygen atoms in total. The third-order valence-corrected chi connectivity index (χ3v) is 6.21. The molecule has 11 heavy (non-hydrogen) atoms. The molecule has 2 fully saturated rings. The van der Waals surface area contributed by atoms with Crippen LogP contribution >= 0.6 is 0 Å². The fourth-order valence-electron chi connectivity index (χ4n) is 1.83. The quantitative estimate of drug-likeness (QED) is 0.432. The lowest BCUT2D eigenvalue weighted by molar-refractivity contribution is -0.117. The molecule has 0 aromatic heterocycles. The maximum atomic E-state index is 10.7. The van der Waals surface area contributed by atoms with Gasteiger partial charge in [-0.3, -0.25) is 4.57 Å². The Balaban J connectivity index is 2.08. The summed E-state index contributed by atoms with van der Waals surface area (Å²) >= 11 is 0. The molecule has 1 atom stereocenters. The van der Waals surface area contributed by atoms with Crippen LogP contribution < -0.4 is 0 Å². The predicted octanol–water partition coefficient (Wildman–Crippen LogP) is 0.780. The van der Waals surface area contributed by atoms with Crippen LogP contribution in [-0.4, -0.2) is 31.5 Å². The monoisotopic (exact) mass is 171 g/mol. The highest BCUT2D eigenvalue weighted by atomic mass is 28.3. The van der Waals surface area contributed by atoms with Crippen LogP contribution in [0, 0.1) is 0 Å². The van der Waals surface area contributed by atoms with Crippen molar-refractivity contribution in [2.45, 2.75) is 31.8 Å². The van der Waals surface area contributed by atoms with E-state index in [1.807, 2.05) is 0 Å². The molecule has 0 aliphatic carbocycles. The van der Waals surface area contributed by atoms with Crippen molar-refractivity contribution < 1.29 is 9.53 Å². The molecule has 2 heterocycles. The number of carbonyl (C=O) groups is 1. The third kappa shape index (κ3) is 1.10. The second-order valence-electron chi connectivity index (χ2n) is 3.90. The lowest BCUT2D eigenvalue weighted by Crippen LogP contribution is -2.45. The zero-order valence-electron chi connectivity index (χ0n) is 6.96. The van der Waals surface area contributed by atoms with Crippen LogP contribution in [0.4, 0.5) is 0 Å². The molecule has 0 aromatic rings. The van der Waals surface area contributed by atoms with Gasteiger partial charge < -0.3 is 4.74 Å². The first-order chi connectivity index (χ1) is 5.11. The van der Waals surface area contributed by atoms with Crippen LogP contribution in [0.2, 0.25) is 19.1 Å². The average molecular weight is 171 g/mol. The second-order valence-corrected chi connectivity index (χ2v) is 8.60. The number of hydrogen-bond acceptors (Lipinski definition) is 3. The van der Waals surface area contributed by atoms with Crippen molar-refractivity contribution in [1.82, 2.24) is 4.57 Å². The molecule has 2 rings (SSSR count). The number of epoxide rings is 1. The summed E-state index contributed by atoms with van der Waals surface area (Å²) < 4.78 is 7.15. The summed E-state index contributed by atoms with van der Waals surface area (Å²) in [5.41, 5.74) is 0. The Morgan fingerprint density at radius 1 is 1.64 bits per heavy atom. The van der Waals surface area contributed by atoms with Gasteiger partial charge in [-0.25, -0.2) is 4.79 Å². The first-order valence-corrected chi connectivity index (χ1v) is 7.24. The van der Waals surface area contributed by atoms with E-state index in [1.165, 1.54) is 12.5 Å². The van der Waals surface area contributed by atoms with Crippen molar-refractivity contribution in [3.05, 3.63) is 0 Å². The van der Waals surface area contributed by atoms with Gasteiger partial charge in [0.2, 0.25) is 6.23 Å². The number of ether oxygens (including phenoxy) is 1. The van der Waals surface area contributed by atoms with Crippen molar-refractivity contribution in [3.8, 4) is 0 Å². The standard InChI is InChI=1S/C7H13NO2Si/c1-11(2)5-3-4-8(11)6-7(9)10-6/h6H,3-5H2,1-2H3. The Bertz CT molecular complexity index is 205. The summed E-state index contributed by atoms with van der Waals surface area (Å²) in [6.45, 7) is 5.67. The van der Waals surface area contributed by atoms with Gasteiger partial charge in [0.15, 0.2) is 0 Å². The van der Waals surface area contributed by atoms with E-state index in [9.17, 15) is 4.79 Å². The number of rotatable bonds is 1. The van der Waals surface area contributed by atoms with E-state index in [-0.39, 0.29) is 12.2 Å². The van der Waals surface area contributed by atoms with Gasteiger partial charge in [-0.15, -0.1) is 0 Å². The lowest BCUT2D eigenvalue weighted by Gasteiger charge is -2.25. The van der Waals surface area contributed by atoms with Crippen molar-refractivity contribution in [1.29, 1.82) is 0 Å². The fourth-order valence-corrected chi connectivity index (χ4v) is 4.70. The normalized spacial score (nSPS) is 35.5. The van der Waals surface area contributed by atoms with Crippen LogP contribution in [-0.2, 0) is 9.53 Å². The van der Waals surface area contributed by atoms with Crippen molar-refractivity contribution in [2.24, 2.45) is 0 Å². The molecule has 0 radical (unpaired) electrons. The van der Waals surface area contributed by atoms with Crippen LogP contribution in [0.1, 0.15) is 6.42 Å². The molecule has 0 spiro atoms. The molecule has 0 saturated carbocycles. The molecule has 2 saturated heterocycles. The summed E-state index contributed by atoms with van der Waals surface area (Å²) in [7, 11) is -1.22. The molecule has 1 unspecified atom stereocenters. The molecule has 4 heteroatoms. The van der Waals surface area contributed by atoms with Gasteiger partial charge in [0.1, 0.15) is 8.24 Å². The number of hydrogen-bond donors (Lipinski definition) is 0. The molecule has 62 valence electrons. The minimum Gasteiger partial charge on any atom is -0.432 e. The van der Waals surface area contributed by atoms with E-state index in [4.69, 9.17) is 4.74 Å². The van der Waals surface area contributed by atoms with Crippen LogP contribution in [0.3, 0.4) is 0 Å². The lowest BCUT2D eigenvalue weighted by atomic mass is 10.5. The first-order valence-electron chi connectivity index (χ1n) is 4.08. The smallest absolute Gasteiger partial charge is 0.364 e. The summed E-state index contributed by atoms with van der Waals surface area (Å²) in [5.74, 6) is -0.0209. The highest BCUT2D eigenvalue weighted by molar-refractivity contribution is 6.75. The first kappa shape index (κ1) is 7.30. The molecule has 0 amide bonds. The largest absolute Gasteiger partial charge is 0.432 e. The minimum absolute atomic E-state index is 0.0209. The molecular weight excluding hydrogens is 158 g/mol. The number of carbonyl (C=O) groups excluding carboxylic acids is 1. The Kier molecular flexibility index (Phi) is 1.38. The molecule has 0 aromatic carbocycles. The van der Waals surface area contributed by atoms with Gasteiger partial charge in [-0.1, -0.05) is 13.1 Å². The maximum Gasteiger partial charge on any atom is 0.364 e. The molecule has 2 aliphatic heterocycles. The summed E-state index contributed by atoms with van der Waals surface area (Å²) in [6, 6.07) is 1.31. The van der Waals surface area contributed by atoms with Gasteiger partial charge >= 0.3 is 5.97 Å². The Morgan fingerprint density at radius 3 is 2.64 bits per heavy atom. The Morgan fingerprint density at radius 2 is 2.27 bits per heavy atom. The average Bonchev–Trinajstić information content (AvgIpc) is 2.48. The summed E-state index contributed by atoms with van der Waals surface area (Å²) in [5, 5.41) is 0. The highest BCUT2D eigenvalue weighted by Crippen LogP contribution is 2.32. The zero-order valence-corrected chi connectivity index (χ0v) is 7.96. The second kappa shape index (κ2) is 2.07. The number of nitrogens with zero attached hydrogens (tertiary/aromatic N) is 1. The molecule has 0 bridgehead atoms. The topological polar surface area (TPSA) is 32.8 Å². The van der Waals surface area contributed by atoms with E-state index in [2.05, 4.69) is 17.7 Å². The SMILES string of the molecule is C[Si]1(C)CCCN1C1OC1=O. The molecular formula is C7H13NO2Si. The number of cyclic esters (lactones) is 1. The summed E-state index contributed by atoms with van der Waals surface area (Å²) in [6.07, 6.45) is 1.10. The van der Waals surface area contributed by atoms with Crippen LogP contribution in [0.25, 0.3) is 0 Å². The molecule has 0 N–H and O–H groups in total. The van der Waals surface area contributed by atoms with Gasteiger partial charge in [0, 0.05) is 0 Å². The minimum atomic E-state index is -1.22. The van der Waals surface area contributed by atoms with Gasteiger partial charge in [-0.05, 0) is 19.0 Å². The van der Waals surface area contributed by atoms with E-state index in [1.54, 1.807) is 0 Å². The van der Waals surface area contributed by atoms with Crippen LogP contribution in [0.5, 0.6) is 0 Å².